The van der Waals surface area contributed by atoms with Crippen molar-refractivity contribution in [2.24, 2.45) is 5.73 Å². The molecule has 2 aromatic carbocycles. The molecule has 4 rings (SSSR count). The van der Waals surface area contributed by atoms with Crippen molar-refractivity contribution >= 4 is 34.3 Å². The molecule has 2 aromatic heterocycles. The highest BCUT2D eigenvalue weighted by atomic mass is 35.5. The first-order valence-electron chi connectivity index (χ1n) is 11.2. The second-order valence-electron chi connectivity index (χ2n) is 8.31. The van der Waals surface area contributed by atoms with E-state index >= 15 is 0 Å². The van der Waals surface area contributed by atoms with E-state index in [0.29, 0.717) is 24.4 Å². The number of unbranched alkanes of at least 4 members (excludes halogenated alkanes) is 2. The molecule has 0 spiro atoms. The molecule has 0 fully saturated rings. The molecule has 0 bridgehead atoms. The van der Waals surface area contributed by atoms with Gasteiger partial charge in [-0.2, -0.15) is 13.2 Å². The van der Waals surface area contributed by atoms with Crippen LogP contribution < -0.4 is 17.0 Å². The van der Waals surface area contributed by atoms with Crippen LogP contribution in [-0.4, -0.2) is 24.9 Å². The number of fused-ring (bicyclic) bond motifs is 2. The standard InChI is InChI=1S/C24H26F3N5O2.ClH/c1-2-3-6-11-30-20-10-9-16(13-28)12-18(20)29-21(30)14-31-19-8-5-4-7-17(19)22(33)32(23(31)34)15-24(25,26)27;/h4-5,7-10,12H,2-3,6,11,13-15,28H2,1H3;1H. The zero-order valence-electron chi connectivity index (χ0n) is 19.2. The number of aromatic nitrogens is 4. The average molecular weight is 510 g/mol. The fourth-order valence-corrected chi connectivity index (χ4v) is 4.23. The van der Waals surface area contributed by atoms with E-state index in [0.717, 1.165) is 30.3 Å². The number of alkyl halides is 3. The van der Waals surface area contributed by atoms with E-state index in [1.807, 2.05) is 22.8 Å². The van der Waals surface area contributed by atoms with Gasteiger partial charge in [0.05, 0.1) is 28.5 Å². The molecule has 0 aliphatic heterocycles. The van der Waals surface area contributed by atoms with Gasteiger partial charge in [-0.3, -0.25) is 13.9 Å². The first kappa shape index (κ1) is 26.5. The molecule has 0 atom stereocenters. The molecule has 4 aromatic rings. The maximum Gasteiger partial charge on any atom is 0.406 e. The van der Waals surface area contributed by atoms with Gasteiger partial charge in [-0.15, -0.1) is 12.4 Å². The Morgan fingerprint density at radius 3 is 2.40 bits per heavy atom. The third kappa shape index (κ3) is 5.43. The van der Waals surface area contributed by atoms with Crippen LogP contribution in [-0.2, 0) is 26.2 Å². The Hall–Kier alpha value is -3.11. The van der Waals surface area contributed by atoms with Crippen LogP contribution in [0, 0.1) is 0 Å². The van der Waals surface area contributed by atoms with Crippen LogP contribution in [0.4, 0.5) is 13.2 Å². The number of para-hydroxylation sites is 1. The van der Waals surface area contributed by atoms with Crippen molar-refractivity contribution < 1.29 is 13.2 Å². The highest BCUT2D eigenvalue weighted by molar-refractivity contribution is 5.85. The molecule has 0 radical (unpaired) electrons. The fourth-order valence-electron chi connectivity index (χ4n) is 4.23. The van der Waals surface area contributed by atoms with Gasteiger partial charge in [0.2, 0.25) is 0 Å². The van der Waals surface area contributed by atoms with Crippen LogP contribution in [0.2, 0.25) is 0 Å². The summed E-state index contributed by atoms with van der Waals surface area (Å²) in [6.45, 7) is 1.37. The van der Waals surface area contributed by atoms with Crippen molar-refractivity contribution in [3.63, 3.8) is 0 Å². The molecule has 2 heterocycles. The number of imidazole rings is 1. The fraction of sp³-hybridized carbons (Fsp3) is 0.375. The summed E-state index contributed by atoms with van der Waals surface area (Å²) in [4.78, 5) is 30.6. The summed E-state index contributed by atoms with van der Waals surface area (Å²) < 4.78 is 43.0. The summed E-state index contributed by atoms with van der Waals surface area (Å²) in [5.41, 5.74) is 6.53. The summed E-state index contributed by atoms with van der Waals surface area (Å²) >= 11 is 0. The number of halogens is 4. The highest BCUT2D eigenvalue weighted by Gasteiger charge is 2.31. The lowest BCUT2D eigenvalue weighted by Gasteiger charge is -2.16. The Balaban J connectivity index is 0.00000342. The third-order valence-corrected chi connectivity index (χ3v) is 5.88. The van der Waals surface area contributed by atoms with Crippen molar-refractivity contribution in [1.82, 2.24) is 18.7 Å². The van der Waals surface area contributed by atoms with Gasteiger partial charge < -0.3 is 10.3 Å². The van der Waals surface area contributed by atoms with Gasteiger partial charge in [0.15, 0.2) is 0 Å². The number of nitrogens with zero attached hydrogens (tertiary/aromatic N) is 4. The maximum absolute atomic E-state index is 13.2. The quantitative estimate of drug-likeness (QED) is 0.361. The molecule has 0 unspecified atom stereocenters. The normalized spacial score (nSPS) is 11.8. The number of rotatable bonds is 8. The Morgan fingerprint density at radius 2 is 1.71 bits per heavy atom. The molecular formula is C24H27ClF3N5O2. The maximum atomic E-state index is 13.2. The van der Waals surface area contributed by atoms with Crippen LogP contribution in [0.5, 0.6) is 0 Å². The van der Waals surface area contributed by atoms with Crippen LogP contribution in [0.1, 0.15) is 37.6 Å². The van der Waals surface area contributed by atoms with Gasteiger partial charge in [0.1, 0.15) is 12.4 Å². The number of hydrogen-bond donors (Lipinski definition) is 1. The Morgan fingerprint density at radius 1 is 0.971 bits per heavy atom. The minimum atomic E-state index is -4.71. The molecule has 11 heteroatoms. The van der Waals surface area contributed by atoms with Gasteiger partial charge in [-0.25, -0.2) is 9.78 Å². The molecule has 0 aliphatic rings. The van der Waals surface area contributed by atoms with Crippen LogP contribution in [0.3, 0.4) is 0 Å². The largest absolute Gasteiger partial charge is 0.406 e. The third-order valence-electron chi connectivity index (χ3n) is 5.88. The van der Waals surface area contributed by atoms with E-state index in [1.165, 1.54) is 10.6 Å². The van der Waals surface area contributed by atoms with Gasteiger partial charge in [-0.05, 0) is 36.2 Å². The van der Waals surface area contributed by atoms with Gasteiger partial charge in [-0.1, -0.05) is 38.0 Å². The minimum absolute atomic E-state index is 0. The molecule has 2 N–H and O–H groups in total. The van der Waals surface area contributed by atoms with Crippen molar-refractivity contribution in [3.8, 4) is 0 Å². The zero-order valence-corrected chi connectivity index (χ0v) is 20.0. The molecule has 7 nitrogen and oxygen atoms in total. The van der Waals surface area contributed by atoms with Crippen molar-refractivity contribution in [3.05, 3.63) is 74.7 Å². The monoisotopic (exact) mass is 509 g/mol. The predicted molar refractivity (Wildman–Crippen MR) is 132 cm³/mol. The zero-order chi connectivity index (χ0) is 24.5. The molecule has 0 saturated heterocycles. The molecular weight excluding hydrogens is 483 g/mol. The molecule has 0 amide bonds. The van der Waals surface area contributed by atoms with E-state index in [1.54, 1.807) is 18.2 Å². The van der Waals surface area contributed by atoms with Gasteiger partial charge >= 0.3 is 11.9 Å². The van der Waals surface area contributed by atoms with E-state index < -0.39 is 24.0 Å². The lowest BCUT2D eigenvalue weighted by molar-refractivity contribution is -0.141. The summed E-state index contributed by atoms with van der Waals surface area (Å²) in [7, 11) is 0. The SMILES string of the molecule is CCCCCn1c(Cn2c(=O)n(CC(F)(F)F)c(=O)c3ccccc32)nc2cc(CN)ccc21.Cl. The smallest absolute Gasteiger partial charge is 0.326 e. The van der Waals surface area contributed by atoms with Gasteiger partial charge in [0.25, 0.3) is 5.56 Å². The van der Waals surface area contributed by atoms with Crippen LogP contribution in [0.25, 0.3) is 21.9 Å². The van der Waals surface area contributed by atoms with Crippen molar-refractivity contribution in [2.75, 3.05) is 0 Å². The minimum Gasteiger partial charge on any atom is -0.326 e. The summed E-state index contributed by atoms with van der Waals surface area (Å²) in [5, 5.41) is 0.0467. The summed E-state index contributed by atoms with van der Waals surface area (Å²) in [6.07, 6.45) is -1.81. The number of aryl methyl sites for hydroxylation is 1. The first-order chi connectivity index (χ1) is 16.2. The lowest BCUT2D eigenvalue weighted by atomic mass is 10.2. The second kappa shape index (κ2) is 10.7. The molecule has 188 valence electrons. The van der Waals surface area contributed by atoms with Gasteiger partial charge in [0, 0.05) is 13.1 Å². The highest BCUT2D eigenvalue weighted by Crippen LogP contribution is 2.21. The van der Waals surface area contributed by atoms with Crippen molar-refractivity contribution in [1.29, 1.82) is 0 Å². The Bertz CT molecular complexity index is 1460. The first-order valence-corrected chi connectivity index (χ1v) is 11.2. The lowest BCUT2D eigenvalue weighted by Crippen LogP contribution is -2.43. The van der Waals surface area contributed by atoms with E-state index in [9.17, 15) is 22.8 Å². The molecule has 0 aliphatic carbocycles. The number of hydrogen-bond acceptors (Lipinski definition) is 4. The van der Waals surface area contributed by atoms with E-state index in [-0.39, 0.29) is 34.4 Å². The van der Waals surface area contributed by atoms with Crippen LogP contribution >= 0.6 is 12.4 Å². The summed E-state index contributed by atoms with van der Waals surface area (Å²) in [5.74, 6) is 0.532. The predicted octanol–water partition coefficient (Wildman–Crippen LogP) is 4.19. The van der Waals surface area contributed by atoms with Crippen molar-refractivity contribution in [2.45, 2.75) is 58.5 Å². The van der Waals surface area contributed by atoms with Crippen LogP contribution in [0.15, 0.2) is 52.1 Å². The van der Waals surface area contributed by atoms with E-state index in [4.69, 9.17) is 10.7 Å². The summed E-state index contributed by atoms with van der Waals surface area (Å²) in [6, 6.07) is 11.9. The average Bonchev–Trinajstić information content (AvgIpc) is 3.15. The topological polar surface area (TPSA) is 87.8 Å². The number of benzene rings is 2. The van der Waals surface area contributed by atoms with E-state index in [2.05, 4.69) is 6.92 Å². The second-order valence-corrected chi connectivity index (χ2v) is 8.31. The number of nitrogens with two attached hydrogens (primary N) is 1. The Labute approximate surface area is 205 Å². The Kier molecular flexibility index (Phi) is 8.07. The molecule has 0 saturated carbocycles. The molecule has 35 heavy (non-hydrogen) atoms.